The summed E-state index contributed by atoms with van der Waals surface area (Å²) >= 11 is 0. The second-order valence-corrected chi connectivity index (χ2v) is 7.47. The minimum atomic E-state index is -0.449. The van der Waals surface area contributed by atoms with Crippen molar-refractivity contribution in [2.24, 2.45) is 0 Å². The summed E-state index contributed by atoms with van der Waals surface area (Å²) in [5, 5.41) is 22.7. The number of hydrogen-bond acceptors (Lipinski definition) is 4. The lowest BCUT2D eigenvalue weighted by Gasteiger charge is -2.42. The summed E-state index contributed by atoms with van der Waals surface area (Å²) in [6, 6.07) is 7.50. The third kappa shape index (κ3) is 4.38. The topological polar surface area (TPSA) is 59.3 Å². The molecule has 0 radical (unpaired) electrons. The molecule has 1 saturated heterocycles. The molecule has 2 aliphatic rings. The number of halogens is 1. The lowest BCUT2D eigenvalue weighted by atomic mass is 9.89. The number of aliphatic hydroxyl groups excluding tert-OH is 1. The Morgan fingerprint density at radius 2 is 1.96 bits per heavy atom. The highest BCUT2D eigenvalue weighted by Gasteiger charge is 2.31. The van der Waals surface area contributed by atoms with Gasteiger partial charge in [-0.25, -0.2) is 4.39 Å². The average Bonchev–Trinajstić information content (AvgIpc) is 2.63. The maximum Gasteiger partial charge on any atom is 0.141 e. The van der Waals surface area contributed by atoms with Crippen LogP contribution < -0.4 is 5.32 Å². The summed E-state index contributed by atoms with van der Waals surface area (Å²) in [5.41, 5.74) is 0.969. The molecule has 3 unspecified atom stereocenters. The fourth-order valence-electron chi connectivity index (χ4n) is 4.26. The number of rotatable bonds is 4. The third-order valence-electron chi connectivity index (χ3n) is 5.79. The first-order valence-electron chi connectivity index (χ1n) is 9.46. The minimum absolute atomic E-state index is 0.0547. The summed E-state index contributed by atoms with van der Waals surface area (Å²) in [6.07, 6.45) is 6.34. The number of likely N-dealkylation sites (tertiary alicyclic amines) is 1. The van der Waals surface area contributed by atoms with Crippen molar-refractivity contribution in [2.45, 2.75) is 69.7 Å². The molecule has 3 atom stereocenters. The molecular weight excluding hydrogens is 317 g/mol. The quantitative estimate of drug-likeness (QED) is 0.880. The molecule has 0 aromatic heterocycles. The van der Waals surface area contributed by atoms with Crippen LogP contribution in [0.15, 0.2) is 18.2 Å². The van der Waals surface area contributed by atoms with E-state index in [4.69, 9.17) is 5.26 Å². The van der Waals surface area contributed by atoms with Gasteiger partial charge in [0.25, 0.3) is 0 Å². The zero-order valence-electron chi connectivity index (χ0n) is 14.9. The van der Waals surface area contributed by atoms with Crippen LogP contribution in [0.25, 0.3) is 0 Å². The maximum absolute atomic E-state index is 13.8. The minimum Gasteiger partial charge on any atom is -0.391 e. The second kappa shape index (κ2) is 8.27. The number of nitrogens with zero attached hydrogens (tertiary/aromatic N) is 2. The summed E-state index contributed by atoms with van der Waals surface area (Å²) in [7, 11) is 0. The molecule has 136 valence electrons. The van der Waals surface area contributed by atoms with E-state index in [1.165, 1.54) is 12.5 Å². The van der Waals surface area contributed by atoms with Crippen LogP contribution in [0.3, 0.4) is 0 Å². The highest BCUT2D eigenvalue weighted by molar-refractivity contribution is 5.34. The van der Waals surface area contributed by atoms with Crippen molar-refractivity contribution in [3.05, 3.63) is 35.1 Å². The average molecular weight is 345 g/mol. The van der Waals surface area contributed by atoms with E-state index in [1.54, 1.807) is 6.07 Å². The van der Waals surface area contributed by atoms with Crippen LogP contribution in [0.1, 0.15) is 62.6 Å². The van der Waals surface area contributed by atoms with Crippen molar-refractivity contribution < 1.29 is 9.50 Å². The zero-order chi connectivity index (χ0) is 17.8. The van der Waals surface area contributed by atoms with Crippen LogP contribution in [-0.4, -0.2) is 41.3 Å². The normalized spacial score (nSPS) is 27.0. The molecule has 1 saturated carbocycles. The van der Waals surface area contributed by atoms with E-state index in [0.29, 0.717) is 12.1 Å². The molecule has 1 aromatic rings. The Morgan fingerprint density at radius 1 is 1.24 bits per heavy atom. The fourth-order valence-corrected chi connectivity index (χ4v) is 4.26. The molecule has 25 heavy (non-hydrogen) atoms. The largest absolute Gasteiger partial charge is 0.391 e. The van der Waals surface area contributed by atoms with Gasteiger partial charge in [-0.15, -0.1) is 0 Å². The second-order valence-electron chi connectivity index (χ2n) is 7.47. The van der Waals surface area contributed by atoms with Crippen molar-refractivity contribution in [3.8, 4) is 6.07 Å². The Kier molecular flexibility index (Phi) is 6.06. The molecule has 1 aliphatic heterocycles. The van der Waals surface area contributed by atoms with E-state index in [-0.39, 0.29) is 17.7 Å². The predicted octanol–water partition coefficient (Wildman–Crippen LogP) is 3.12. The van der Waals surface area contributed by atoms with Crippen LogP contribution in [0, 0.1) is 17.1 Å². The van der Waals surface area contributed by atoms with Gasteiger partial charge in [0.1, 0.15) is 11.9 Å². The molecule has 1 heterocycles. The van der Waals surface area contributed by atoms with E-state index in [2.05, 4.69) is 10.2 Å². The lowest BCUT2D eigenvalue weighted by molar-refractivity contribution is 0.00671. The summed E-state index contributed by atoms with van der Waals surface area (Å²) < 4.78 is 13.8. The van der Waals surface area contributed by atoms with Gasteiger partial charge >= 0.3 is 0 Å². The Bertz CT molecular complexity index is 622. The molecule has 0 amide bonds. The lowest BCUT2D eigenvalue weighted by Crippen LogP contribution is -2.51. The van der Waals surface area contributed by atoms with Crippen molar-refractivity contribution in [1.82, 2.24) is 10.2 Å². The van der Waals surface area contributed by atoms with E-state index < -0.39 is 5.82 Å². The van der Waals surface area contributed by atoms with Crippen LogP contribution in [0.4, 0.5) is 4.39 Å². The van der Waals surface area contributed by atoms with Gasteiger partial charge in [-0.3, -0.25) is 4.90 Å². The highest BCUT2D eigenvalue weighted by Crippen LogP contribution is 2.26. The molecule has 0 bridgehead atoms. The Morgan fingerprint density at radius 3 is 2.60 bits per heavy atom. The van der Waals surface area contributed by atoms with Gasteiger partial charge in [0.05, 0.1) is 11.7 Å². The summed E-state index contributed by atoms with van der Waals surface area (Å²) in [6.45, 7) is 4.06. The van der Waals surface area contributed by atoms with Crippen molar-refractivity contribution in [2.75, 3.05) is 13.1 Å². The van der Waals surface area contributed by atoms with Crippen molar-refractivity contribution in [3.63, 3.8) is 0 Å². The van der Waals surface area contributed by atoms with Crippen LogP contribution in [0.5, 0.6) is 0 Å². The maximum atomic E-state index is 13.8. The first kappa shape index (κ1) is 18.3. The fraction of sp³-hybridized carbons (Fsp3) is 0.650. The van der Waals surface area contributed by atoms with Crippen molar-refractivity contribution in [1.29, 1.82) is 5.26 Å². The first-order valence-corrected chi connectivity index (χ1v) is 9.46. The SMILES string of the molecule is CC(NC1CCN(C2CCCCC2O)CC1)c1ccc(C#N)c(F)c1. The van der Waals surface area contributed by atoms with E-state index in [1.807, 2.05) is 19.1 Å². The standard InChI is InChI=1S/C20H28FN3O/c1-14(15-6-7-16(13-22)18(21)12-15)23-17-8-10-24(11-9-17)19-4-2-3-5-20(19)25/h6-7,12,14,17,19-20,23,25H,2-5,8-11H2,1H3. The number of aliphatic hydroxyl groups is 1. The molecular formula is C20H28FN3O. The van der Waals surface area contributed by atoms with E-state index in [0.717, 1.165) is 50.8 Å². The highest BCUT2D eigenvalue weighted by atomic mass is 19.1. The number of nitriles is 1. The van der Waals surface area contributed by atoms with E-state index in [9.17, 15) is 9.50 Å². The monoisotopic (exact) mass is 345 g/mol. The molecule has 4 nitrogen and oxygen atoms in total. The third-order valence-corrected chi connectivity index (χ3v) is 5.79. The zero-order valence-corrected chi connectivity index (χ0v) is 14.9. The van der Waals surface area contributed by atoms with Gasteiger partial charge in [-0.05, 0) is 50.3 Å². The van der Waals surface area contributed by atoms with Gasteiger partial charge in [0.2, 0.25) is 0 Å². The Labute approximate surface area is 149 Å². The molecule has 2 fully saturated rings. The van der Waals surface area contributed by atoms with Crippen molar-refractivity contribution >= 4 is 0 Å². The van der Waals surface area contributed by atoms with Gasteiger partial charge in [0.15, 0.2) is 0 Å². The smallest absolute Gasteiger partial charge is 0.141 e. The number of nitrogens with one attached hydrogen (secondary N) is 1. The van der Waals surface area contributed by atoms with Gasteiger partial charge < -0.3 is 10.4 Å². The molecule has 3 rings (SSSR count). The molecule has 2 N–H and O–H groups in total. The van der Waals surface area contributed by atoms with E-state index >= 15 is 0 Å². The number of benzene rings is 1. The molecule has 1 aromatic carbocycles. The number of piperidine rings is 1. The molecule has 0 spiro atoms. The van der Waals surface area contributed by atoms with Gasteiger partial charge in [0, 0.05) is 31.2 Å². The predicted molar refractivity (Wildman–Crippen MR) is 95.5 cm³/mol. The Hall–Kier alpha value is -1.48. The van der Waals surface area contributed by atoms with Gasteiger partial charge in [-0.2, -0.15) is 5.26 Å². The molecule has 1 aliphatic carbocycles. The number of hydrogen-bond donors (Lipinski definition) is 2. The Balaban J connectivity index is 1.51. The summed E-state index contributed by atoms with van der Waals surface area (Å²) in [4.78, 5) is 2.45. The first-order chi connectivity index (χ1) is 12.1. The molecule has 5 heteroatoms. The van der Waals surface area contributed by atoms with Crippen LogP contribution >= 0.6 is 0 Å². The van der Waals surface area contributed by atoms with Crippen LogP contribution in [0.2, 0.25) is 0 Å². The van der Waals surface area contributed by atoms with Crippen LogP contribution in [-0.2, 0) is 0 Å². The van der Waals surface area contributed by atoms with Gasteiger partial charge in [-0.1, -0.05) is 18.9 Å². The summed E-state index contributed by atoms with van der Waals surface area (Å²) in [5.74, 6) is -0.449.